The quantitative estimate of drug-likeness (QED) is 0.478. The molecule has 0 heterocycles. The number of ether oxygens (including phenoxy) is 1. The van der Waals surface area contributed by atoms with Gasteiger partial charge in [-0.3, -0.25) is 20.2 Å². The van der Waals surface area contributed by atoms with Crippen molar-refractivity contribution in [3.8, 4) is 5.75 Å². The summed E-state index contributed by atoms with van der Waals surface area (Å²) in [6.45, 7) is 1.56. The third kappa shape index (κ3) is 4.65. The first-order valence-corrected chi connectivity index (χ1v) is 7.81. The Kier molecular flexibility index (Phi) is 5.89. The minimum atomic E-state index is -0.503. The van der Waals surface area contributed by atoms with Crippen molar-refractivity contribution in [3.63, 3.8) is 0 Å². The molecular weight excluding hydrogens is 366 g/mol. The van der Waals surface area contributed by atoms with E-state index in [2.05, 4.69) is 10.6 Å². The summed E-state index contributed by atoms with van der Waals surface area (Å²) in [5, 5.41) is 16.6. The van der Waals surface area contributed by atoms with Gasteiger partial charge < -0.3 is 10.1 Å². The smallest absolute Gasteiger partial charge is 0.272 e. The van der Waals surface area contributed by atoms with Crippen molar-refractivity contribution in [2.24, 2.45) is 0 Å². The Labute approximate surface area is 154 Å². The van der Waals surface area contributed by atoms with Crippen LogP contribution in [0.15, 0.2) is 36.4 Å². The molecule has 0 bridgehead atoms. The molecule has 0 saturated heterocycles. The second kappa shape index (κ2) is 7.91. The molecule has 0 radical (unpaired) electrons. The molecule has 0 aliphatic heterocycles. The van der Waals surface area contributed by atoms with E-state index in [9.17, 15) is 14.9 Å². The number of carbonyl (C=O) groups excluding carboxylic acids is 1. The molecule has 0 aliphatic rings. The summed E-state index contributed by atoms with van der Waals surface area (Å²) in [6, 6.07) is 9.04. The lowest BCUT2D eigenvalue weighted by Gasteiger charge is -2.11. The fourth-order valence-corrected chi connectivity index (χ4v) is 2.55. The highest BCUT2D eigenvalue weighted by atomic mass is 35.5. The summed E-state index contributed by atoms with van der Waals surface area (Å²) >= 11 is 11.1. The van der Waals surface area contributed by atoms with Gasteiger partial charge in [0.25, 0.3) is 11.6 Å². The number of hydrogen-bond donors (Lipinski definition) is 2. The minimum Gasteiger partial charge on any atom is -0.495 e. The summed E-state index contributed by atoms with van der Waals surface area (Å²) < 4.78 is 5.05. The van der Waals surface area contributed by atoms with Gasteiger partial charge in [-0.2, -0.15) is 0 Å². The molecule has 25 heavy (non-hydrogen) atoms. The summed E-state index contributed by atoms with van der Waals surface area (Å²) in [5.41, 5.74) is 1.18. The van der Waals surface area contributed by atoms with Crippen LogP contribution in [0.2, 0.25) is 5.02 Å². The average Bonchev–Trinajstić information content (AvgIpc) is 2.54. The molecule has 1 amide bonds. The van der Waals surface area contributed by atoms with E-state index >= 15 is 0 Å². The van der Waals surface area contributed by atoms with Crippen LogP contribution in [0, 0.1) is 17.0 Å². The molecule has 0 fully saturated rings. The summed E-state index contributed by atoms with van der Waals surface area (Å²) in [6.07, 6.45) is 0. The second-order valence-electron chi connectivity index (χ2n) is 5.02. The molecule has 2 aromatic carbocycles. The van der Waals surface area contributed by atoms with Crippen molar-refractivity contribution in [3.05, 3.63) is 62.7 Å². The van der Waals surface area contributed by atoms with Crippen LogP contribution in [-0.4, -0.2) is 23.1 Å². The zero-order valence-corrected chi connectivity index (χ0v) is 14.9. The number of carbonyl (C=O) groups is 1. The van der Waals surface area contributed by atoms with Crippen LogP contribution in [-0.2, 0) is 0 Å². The molecule has 7 nitrogen and oxygen atoms in total. The normalized spacial score (nSPS) is 10.0. The molecule has 9 heteroatoms. The van der Waals surface area contributed by atoms with Gasteiger partial charge in [0, 0.05) is 22.9 Å². The number of nitrogens with one attached hydrogen (secondary N) is 2. The maximum Gasteiger partial charge on any atom is 0.272 e. The van der Waals surface area contributed by atoms with Crippen LogP contribution in [0.4, 0.5) is 11.4 Å². The van der Waals surface area contributed by atoms with E-state index in [-0.39, 0.29) is 16.4 Å². The number of thiocarbonyl (C=S) groups is 1. The lowest BCUT2D eigenvalue weighted by Crippen LogP contribution is -2.34. The number of aryl methyl sites for hydroxylation is 1. The molecule has 0 aliphatic carbocycles. The van der Waals surface area contributed by atoms with Gasteiger partial charge in [0.1, 0.15) is 5.75 Å². The summed E-state index contributed by atoms with van der Waals surface area (Å²) in [4.78, 5) is 22.5. The lowest BCUT2D eigenvalue weighted by molar-refractivity contribution is -0.385. The van der Waals surface area contributed by atoms with E-state index in [0.717, 1.165) is 0 Å². The highest BCUT2D eigenvalue weighted by molar-refractivity contribution is 7.80. The van der Waals surface area contributed by atoms with Gasteiger partial charge in [-0.25, -0.2) is 0 Å². The molecule has 2 rings (SSSR count). The zero-order chi connectivity index (χ0) is 18.6. The SMILES string of the molecule is COc1ccc(NC(=S)NC(=O)c2ccc([N+](=O)[O-])c(C)c2)cc1Cl. The van der Waals surface area contributed by atoms with Crippen LogP contribution in [0.1, 0.15) is 15.9 Å². The Morgan fingerprint density at radius 3 is 2.56 bits per heavy atom. The van der Waals surface area contributed by atoms with Crippen molar-refractivity contribution in [2.75, 3.05) is 12.4 Å². The molecule has 2 aromatic rings. The van der Waals surface area contributed by atoms with Gasteiger partial charge >= 0.3 is 0 Å². The number of benzene rings is 2. The molecular formula is C16H14ClN3O4S. The van der Waals surface area contributed by atoms with Crippen LogP contribution >= 0.6 is 23.8 Å². The molecule has 0 saturated carbocycles. The second-order valence-corrected chi connectivity index (χ2v) is 5.83. The fourth-order valence-electron chi connectivity index (χ4n) is 2.08. The van der Waals surface area contributed by atoms with Crippen molar-refractivity contribution in [2.45, 2.75) is 6.92 Å². The van der Waals surface area contributed by atoms with E-state index < -0.39 is 10.8 Å². The molecule has 0 atom stereocenters. The number of anilines is 1. The zero-order valence-electron chi connectivity index (χ0n) is 13.3. The summed E-state index contributed by atoms with van der Waals surface area (Å²) in [7, 11) is 1.51. The predicted molar refractivity (Wildman–Crippen MR) is 99.5 cm³/mol. The average molecular weight is 380 g/mol. The first-order chi connectivity index (χ1) is 11.8. The number of methoxy groups -OCH3 is 1. The van der Waals surface area contributed by atoms with Gasteiger partial charge in [-0.05, 0) is 49.5 Å². The highest BCUT2D eigenvalue weighted by Gasteiger charge is 2.14. The molecule has 130 valence electrons. The number of hydrogen-bond acceptors (Lipinski definition) is 5. The number of nitro benzene ring substituents is 1. The van der Waals surface area contributed by atoms with Crippen LogP contribution in [0.5, 0.6) is 5.75 Å². The maximum absolute atomic E-state index is 12.2. The third-order valence-corrected chi connectivity index (χ3v) is 3.79. The van der Waals surface area contributed by atoms with Crippen molar-refractivity contribution in [1.29, 1.82) is 0 Å². The number of nitro groups is 1. The predicted octanol–water partition coefficient (Wildman–Crippen LogP) is 3.69. The van der Waals surface area contributed by atoms with Crippen molar-refractivity contribution >= 4 is 46.2 Å². The maximum atomic E-state index is 12.2. The number of amides is 1. The monoisotopic (exact) mass is 379 g/mol. The van der Waals surface area contributed by atoms with Crippen LogP contribution in [0.3, 0.4) is 0 Å². The Morgan fingerprint density at radius 2 is 2.00 bits per heavy atom. The van der Waals surface area contributed by atoms with Gasteiger partial charge in [0.2, 0.25) is 0 Å². The van der Waals surface area contributed by atoms with Crippen molar-refractivity contribution in [1.82, 2.24) is 5.32 Å². The topological polar surface area (TPSA) is 93.5 Å². The van der Waals surface area contributed by atoms with Gasteiger partial charge in [0.15, 0.2) is 5.11 Å². The summed E-state index contributed by atoms with van der Waals surface area (Å²) in [5.74, 6) is 0.0404. The Balaban J connectivity index is 2.05. The van der Waals surface area contributed by atoms with Crippen LogP contribution < -0.4 is 15.4 Å². The first-order valence-electron chi connectivity index (χ1n) is 7.02. The molecule has 0 spiro atoms. The number of rotatable bonds is 4. The van der Waals surface area contributed by atoms with E-state index in [0.29, 0.717) is 22.0 Å². The first kappa shape index (κ1) is 18.6. The standard InChI is InChI=1S/C16H14ClN3O4S/c1-9-7-10(3-5-13(9)20(22)23)15(21)19-16(25)18-11-4-6-14(24-2)12(17)8-11/h3-8H,1-2H3,(H2,18,19,21,25). The van der Waals surface area contributed by atoms with Crippen LogP contribution in [0.25, 0.3) is 0 Å². The largest absolute Gasteiger partial charge is 0.495 e. The van der Waals surface area contributed by atoms with Gasteiger partial charge in [-0.1, -0.05) is 11.6 Å². The van der Waals surface area contributed by atoms with Gasteiger partial charge in [-0.15, -0.1) is 0 Å². The number of halogens is 1. The van der Waals surface area contributed by atoms with E-state index in [1.807, 2.05) is 0 Å². The fraction of sp³-hybridized carbons (Fsp3) is 0.125. The third-order valence-electron chi connectivity index (χ3n) is 3.29. The van der Waals surface area contributed by atoms with Gasteiger partial charge in [0.05, 0.1) is 17.1 Å². The Hall–Kier alpha value is -2.71. The van der Waals surface area contributed by atoms with Crippen molar-refractivity contribution < 1.29 is 14.5 Å². The molecule has 0 unspecified atom stereocenters. The molecule has 0 aromatic heterocycles. The number of nitrogens with zero attached hydrogens (tertiary/aromatic N) is 1. The van der Waals surface area contributed by atoms with E-state index in [4.69, 9.17) is 28.6 Å². The lowest BCUT2D eigenvalue weighted by atomic mass is 10.1. The highest BCUT2D eigenvalue weighted by Crippen LogP contribution is 2.27. The van der Waals surface area contributed by atoms with E-state index in [1.165, 1.54) is 25.3 Å². The molecule has 2 N–H and O–H groups in total. The Morgan fingerprint density at radius 1 is 1.28 bits per heavy atom. The van der Waals surface area contributed by atoms with E-state index in [1.54, 1.807) is 25.1 Å². The minimum absolute atomic E-state index is 0.0508. The Bertz CT molecular complexity index is 857.